The van der Waals surface area contributed by atoms with Gasteiger partial charge in [-0.25, -0.2) is 4.98 Å². The zero-order valence-corrected chi connectivity index (χ0v) is 9.35. The Hall–Kier alpha value is -1.33. The molecule has 0 aromatic carbocycles. The van der Waals surface area contributed by atoms with Crippen molar-refractivity contribution in [2.75, 3.05) is 11.1 Å². The summed E-state index contributed by atoms with van der Waals surface area (Å²) in [6.45, 7) is 0.670. The molecule has 0 radical (unpaired) electrons. The van der Waals surface area contributed by atoms with Crippen LogP contribution in [0.15, 0.2) is 24.0 Å². The van der Waals surface area contributed by atoms with Crippen LogP contribution in [0.5, 0.6) is 0 Å². The Kier molecular flexibility index (Phi) is 3.03. The van der Waals surface area contributed by atoms with Crippen molar-refractivity contribution in [3.63, 3.8) is 0 Å². The van der Waals surface area contributed by atoms with Crippen molar-refractivity contribution >= 4 is 34.4 Å². The van der Waals surface area contributed by atoms with Gasteiger partial charge in [-0.3, -0.25) is 4.98 Å². The Morgan fingerprint density at radius 3 is 3.00 bits per heavy atom. The summed E-state index contributed by atoms with van der Waals surface area (Å²) in [6, 6.07) is 1.67. The molecule has 0 fully saturated rings. The Morgan fingerprint density at radius 1 is 1.47 bits per heavy atom. The van der Waals surface area contributed by atoms with Crippen molar-refractivity contribution < 1.29 is 0 Å². The number of nitrogens with one attached hydrogen (secondary N) is 1. The molecule has 3 N–H and O–H groups in total. The van der Waals surface area contributed by atoms with E-state index in [2.05, 4.69) is 15.3 Å². The van der Waals surface area contributed by atoms with Crippen molar-refractivity contribution in [2.45, 2.75) is 6.54 Å². The van der Waals surface area contributed by atoms with E-state index >= 15 is 0 Å². The summed E-state index contributed by atoms with van der Waals surface area (Å²) in [6.07, 6.45) is 3.37. The second-order valence-corrected chi connectivity index (χ2v) is 4.32. The van der Waals surface area contributed by atoms with Crippen LogP contribution in [0.3, 0.4) is 0 Å². The minimum absolute atomic E-state index is 0.538. The number of nitrogens with two attached hydrogens (primary N) is 1. The lowest BCUT2D eigenvalue weighted by Crippen LogP contribution is -2.03. The number of anilines is 2. The Balaban J connectivity index is 2.05. The molecule has 0 aliphatic carbocycles. The molecule has 15 heavy (non-hydrogen) atoms. The van der Waals surface area contributed by atoms with Crippen molar-refractivity contribution in [1.29, 1.82) is 0 Å². The van der Waals surface area contributed by atoms with Crippen LogP contribution < -0.4 is 11.1 Å². The molecular weight excluding hydrogens is 232 g/mol. The molecule has 0 aliphatic rings. The highest BCUT2D eigenvalue weighted by molar-refractivity contribution is 7.09. The molecule has 6 heteroatoms. The number of hydrogen-bond acceptors (Lipinski definition) is 5. The first-order valence-corrected chi connectivity index (χ1v) is 5.54. The summed E-state index contributed by atoms with van der Waals surface area (Å²) in [5.41, 5.74) is 8.07. The molecule has 2 heterocycles. The van der Waals surface area contributed by atoms with Crippen LogP contribution in [0.25, 0.3) is 0 Å². The van der Waals surface area contributed by atoms with Gasteiger partial charge in [0.05, 0.1) is 22.8 Å². The van der Waals surface area contributed by atoms with Gasteiger partial charge in [-0.2, -0.15) is 0 Å². The van der Waals surface area contributed by atoms with Crippen LogP contribution in [0.4, 0.5) is 11.5 Å². The molecule has 0 aliphatic heterocycles. The van der Waals surface area contributed by atoms with Crippen LogP contribution in [-0.2, 0) is 6.54 Å². The first-order valence-electron chi connectivity index (χ1n) is 4.28. The fourth-order valence-corrected chi connectivity index (χ4v) is 1.80. The highest BCUT2D eigenvalue weighted by Crippen LogP contribution is 2.20. The van der Waals surface area contributed by atoms with Crippen molar-refractivity contribution in [2.24, 2.45) is 0 Å². The van der Waals surface area contributed by atoms with Gasteiger partial charge in [0.25, 0.3) is 0 Å². The number of halogens is 1. The molecule has 0 atom stereocenters. The molecule has 0 amide bonds. The zero-order chi connectivity index (χ0) is 10.7. The van der Waals surface area contributed by atoms with E-state index < -0.39 is 0 Å². The van der Waals surface area contributed by atoms with Crippen molar-refractivity contribution in [3.05, 3.63) is 33.9 Å². The highest BCUT2D eigenvalue weighted by atomic mass is 35.5. The lowest BCUT2D eigenvalue weighted by atomic mass is 10.4. The first kappa shape index (κ1) is 10.2. The highest BCUT2D eigenvalue weighted by Gasteiger charge is 2.01. The van der Waals surface area contributed by atoms with Gasteiger partial charge in [-0.1, -0.05) is 11.6 Å². The maximum Gasteiger partial charge on any atom is 0.149 e. The molecule has 0 unspecified atom stereocenters. The van der Waals surface area contributed by atoms with Crippen LogP contribution in [0.1, 0.15) is 4.88 Å². The van der Waals surface area contributed by atoms with E-state index in [9.17, 15) is 0 Å². The molecule has 2 rings (SSSR count). The van der Waals surface area contributed by atoms with E-state index in [0.717, 1.165) is 4.88 Å². The van der Waals surface area contributed by atoms with E-state index in [4.69, 9.17) is 17.3 Å². The standard InChI is InChI=1S/C9H9ClN4S/c10-6-1-8(11)9(13-2-6)14-4-7-3-12-5-15-7/h1-3,5H,4,11H2,(H,13,14). The average Bonchev–Trinajstić information content (AvgIpc) is 2.69. The van der Waals surface area contributed by atoms with Gasteiger partial charge >= 0.3 is 0 Å². The molecular formula is C9H9ClN4S. The quantitative estimate of drug-likeness (QED) is 0.865. The molecule has 4 nitrogen and oxygen atoms in total. The summed E-state index contributed by atoms with van der Waals surface area (Å²) < 4.78 is 0. The summed E-state index contributed by atoms with van der Waals surface area (Å²) >= 11 is 7.32. The van der Waals surface area contributed by atoms with Crippen LogP contribution in [0.2, 0.25) is 5.02 Å². The zero-order valence-electron chi connectivity index (χ0n) is 7.77. The second kappa shape index (κ2) is 4.46. The van der Waals surface area contributed by atoms with Crippen molar-refractivity contribution in [1.82, 2.24) is 9.97 Å². The first-order chi connectivity index (χ1) is 7.25. The van der Waals surface area contributed by atoms with E-state index in [-0.39, 0.29) is 0 Å². The van der Waals surface area contributed by atoms with Gasteiger partial charge in [-0.05, 0) is 6.07 Å². The summed E-state index contributed by atoms with van der Waals surface area (Å²) in [7, 11) is 0. The monoisotopic (exact) mass is 240 g/mol. The van der Waals surface area contributed by atoms with Gasteiger partial charge in [0.2, 0.25) is 0 Å². The number of thiazole rings is 1. The molecule has 2 aromatic rings. The fourth-order valence-electron chi connectivity index (χ4n) is 1.10. The average molecular weight is 241 g/mol. The third-order valence-electron chi connectivity index (χ3n) is 1.80. The maximum atomic E-state index is 5.74. The van der Waals surface area contributed by atoms with Crippen LogP contribution in [-0.4, -0.2) is 9.97 Å². The smallest absolute Gasteiger partial charge is 0.149 e. The Bertz CT molecular complexity index is 443. The minimum atomic E-state index is 0.538. The molecule has 0 saturated carbocycles. The lowest BCUT2D eigenvalue weighted by Gasteiger charge is -2.06. The van der Waals surface area contributed by atoms with E-state index in [0.29, 0.717) is 23.1 Å². The number of nitrogen functional groups attached to an aromatic ring is 1. The molecule has 2 aromatic heterocycles. The van der Waals surface area contributed by atoms with Crippen LogP contribution in [0, 0.1) is 0 Å². The second-order valence-electron chi connectivity index (χ2n) is 2.91. The fraction of sp³-hybridized carbons (Fsp3) is 0.111. The molecule has 0 spiro atoms. The number of hydrogen-bond donors (Lipinski definition) is 2. The van der Waals surface area contributed by atoms with Gasteiger partial charge < -0.3 is 11.1 Å². The van der Waals surface area contributed by atoms with Gasteiger partial charge in [0.1, 0.15) is 5.82 Å². The summed E-state index contributed by atoms with van der Waals surface area (Å²) in [5.74, 6) is 0.646. The summed E-state index contributed by atoms with van der Waals surface area (Å²) in [4.78, 5) is 9.20. The van der Waals surface area contributed by atoms with Crippen molar-refractivity contribution in [3.8, 4) is 0 Å². The predicted octanol–water partition coefficient (Wildman–Crippen LogP) is 2.39. The van der Waals surface area contributed by atoms with E-state index in [1.807, 2.05) is 6.20 Å². The largest absolute Gasteiger partial charge is 0.396 e. The topological polar surface area (TPSA) is 63.8 Å². The minimum Gasteiger partial charge on any atom is -0.396 e. The van der Waals surface area contributed by atoms with Gasteiger partial charge in [0, 0.05) is 17.3 Å². The SMILES string of the molecule is Nc1cc(Cl)cnc1NCc1cncs1. The lowest BCUT2D eigenvalue weighted by molar-refractivity contribution is 1.13. The van der Waals surface area contributed by atoms with Crippen LogP contribution >= 0.6 is 22.9 Å². The third-order valence-corrected chi connectivity index (χ3v) is 2.78. The summed E-state index contributed by atoms with van der Waals surface area (Å²) in [5, 5.41) is 3.66. The molecule has 0 bridgehead atoms. The number of pyridine rings is 1. The normalized spacial score (nSPS) is 10.2. The number of aromatic nitrogens is 2. The van der Waals surface area contributed by atoms with Gasteiger partial charge in [-0.15, -0.1) is 11.3 Å². The number of rotatable bonds is 3. The Morgan fingerprint density at radius 2 is 2.33 bits per heavy atom. The number of nitrogens with zero attached hydrogens (tertiary/aromatic N) is 2. The van der Waals surface area contributed by atoms with E-state index in [1.165, 1.54) is 0 Å². The Labute approximate surface area is 96.1 Å². The maximum absolute atomic E-state index is 5.74. The predicted molar refractivity (Wildman–Crippen MR) is 63.1 cm³/mol. The third kappa shape index (κ3) is 2.57. The molecule has 0 saturated heterocycles. The molecule has 78 valence electrons. The van der Waals surface area contributed by atoms with E-state index in [1.54, 1.807) is 29.1 Å². The van der Waals surface area contributed by atoms with Gasteiger partial charge in [0.15, 0.2) is 0 Å².